The topological polar surface area (TPSA) is 22.1 Å². The molecule has 2 aromatic rings. The summed E-state index contributed by atoms with van der Waals surface area (Å²) in [5.74, 6) is 0.653. The van der Waals surface area contributed by atoms with Crippen molar-refractivity contribution in [3.8, 4) is 5.75 Å². The summed E-state index contributed by atoms with van der Waals surface area (Å²) in [4.78, 5) is 4.40. The van der Waals surface area contributed by atoms with Crippen molar-refractivity contribution >= 4 is 34.1 Å². The highest BCUT2D eigenvalue weighted by Gasteiger charge is 2.12. The van der Waals surface area contributed by atoms with Gasteiger partial charge in [-0.3, -0.25) is 0 Å². The first-order chi connectivity index (χ1) is 8.08. The number of pyridine rings is 1. The molecule has 0 bridgehead atoms. The Hall–Kier alpha value is -0.990. The summed E-state index contributed by atoms with van der Waals surface area (Å²) in [6.45, 7) is 4.02. The second kappa shape index (κ2) is 4.71. The SMILES string of the molecule is CCc1cc2c(C)c(Cl)cc(OC)c2nc1Cl. The van der Waals surface area contributed by atoms with Crippen molar-refractivity contribution < 1.29 is 4.74 Å². The van der Waals surface area contributed by atoms with E-state index in [0.29, 0.717) is 15.9 Å². The van der Waals surface area contributed by atoms with Crippen molar-refractivity contribution in [1.29, 1.82) is 0 Å². The second-order valence-corrected chi connectivity index (χ2v) is 4.64. The summed E-state index contributed by atoms with van der Waals surface area (Å²) in [6.07, 6.45) is 0.843. The van der Waals surface area contributed by atoms with Crippen molar-refractivity contribution in [3.63, 3.8) is 0 Å². The van der Waals surface area contributed by atoms with E-state index in [1.165, 1.54) is 0 Å². The maximum atomic E-state index is 6.17. The molecule has 1 heterocycles. The van der Waals surface area contributed by atoms with E-state index in [-0.39, 0.29) is 0 Å². The van der Waals surface area contributed by atoms with Gasteiger partial charge in [0.2, 0.25) is 0 Å². The minimum Gasteiger partial charge on any atom is -0.494 e. The Balaban J connectivity index is 2.88. The van der Waals surface area contributed by atoms with Crippen LogP contribution in [0.5, 0.6) is 5.75 Å². The van der Waals surface area contributed by atoms with Crippen molar-refractivity contribution in [2.45, 2.75) is 20.3 Å². The first-order valence-corrected chi connectivity index (χ1v) is 6.16. The lowest BCUT2D eigenvalue weighted by molar-refractivity contribution is 0.419. The molecule has 0 unspecified atom stereocenters. The molecule has 0 atom stereocenters. The molecule has 0 N–H and O–H groups in total. The summed E-state index contributed by atoms with van der Waals surface area (Å²) < 4.78 is 5.29. The lowest BCUT2D eigenvalue weighted by atomic mass is 10.1. The Morgan fingerprint density at radius 2 is 2.00 bits per heavy atom. The molecule has 2 nitrogen and oxygen atoms in total. The predicted molar refractivity (Wildman–Crippen MR) is 72.4 cm³/mol. The van der Waals surface area contributed by atoms with Gasteiger partial charge in [-0.15, -0.1) is 0 Å². The fourth-order valence-corrected chi connectivity index (χ4v) is 2.30. The fourth-order valence-electron chi connectivity index (χ4n) is 1.83. The number of ether oxygens (including phenoxy) is 1. The van der Waals surface area contributed by atoms with Gasteiger partial charge in [0, 0.05) is 16.5 Å². The van der Waals surface area contributed by atoms with Gasteiger partial charge >= 0.3 is 0 Å². The van der Waals surface area contributed by atoms with Crippen LogP contribution in [0.2, 0.25) is 10.2 Å². The van der Waals surface area contributed by atoms with Gasteiger partial charge in [0.05, 0.1) is 7.11 Å². The van der Waals surface area contributed by atoms with Crippen LogP contribution in [0.15, 0.2) is 12.1 Å². The molecule has 4 heteroatoms. The molecule has 0 aliphatic rings. The molecule has 1 aromatic carbocycles. The van der Waals surface area contributed by atoms with Crippen LogP contribution in [0.1, 0.15) is 18.1 Å². The summed E-state index contributed by atoms with van der Waals surface area (Å²) in [5.41, 5.74) is 2.78. The lowest BCUT2D eigenvalue weighted by Gasteiger charge is -2.11. The smallest absolute Gasteiger partial charge is 0.146 e. The average molecular weight is 270 g/mol. The van der Waals surface area contributed by atoms with Crippen LogP contribution < -0.4 is 4.74 Å². The van der Waals surface area contributed by atoms with Crippen LogP contribution in [-0.2, 0) is 6.42 Å². The lowest BCUT2D eigenvalue weighted by Crippen LogP contribution is -1.94. The Morgan fingerprint density at radius 1 is 1.29 bits per heavy atom. The average Bonchev–Trinajstić information content (AvgIpc) is 2.33. The number of aryl methyl sites for hydroxylation is 2. The molecular weight excluding hydrogens is 257 g/mol. The zero-order valence-corrected chi connectivity index (χ0v) is 11.5. The zero-order valence-electron chi connectivity index (χ0n) is 9.97. The second-order valence-electron chi connectivity index (χ2n) is 3.87. The highest BCUT2D eigenvalue weighted by Crippen LogP contribution is 2.34. The van der Waals surface area contributed by atoms with Gasteiger partial charge < -0.3 is 4.74 Å². The van der Waals surface area contributed by atoms with Crippen LogP contribution >= 0.6 is 23.2 Å². The summed E-state index contributed by atoms with van der Waals surface area (Å²) >= 11 is 12.3. The van der Waals surface area contributed by atoms with Crippen molar-refractivity contribution in [2.24, 2.45) is 0 Å². The number of halogens is 2. The number of benzene rings is 1. The first kappa shape index (κ1) is 12.5. The van der Waals surface area contributed by atoms with Gasteiger partial charge in [-0.1, -0.05) is 30.1 Å². The third kappa shape index (κ3) is 2.07. The van der Waals surface area contributed by atoms with E-state index in [1.807, 2.05) is 19.9 Å². The quantitative estimate of drug-likeness (QED) is 0.753. The van der Waals surface area contributed by atoms with E-state index >= 15 is 0 Å². The minimum atomic E-state index is 0.528. The molecule has 0 aliphatic heterocycles. The Kier molecular flexibility index (Phi) is 3.45. The maximum absolute atomic E-state index is 6.17. The van der Waals surface area contributed by atoms with E-state index in [0.717, 1.165) is 28.5 Å². The third-order valence-corrected chi connectivity index (χ3v) is 3.62. The number of nitrogens with zero attached hydrogens (tertiary/aromatic N) is 1. The first-order valence-electron chi connectivity index (χ1n) is 5.40. The van der Waals surface area contributed by atoms with Gasteiger partial charge in [0.25, 0.3) is 0 Å². The zero-order chi connectivity index (χ0) is 12.6. The molecule has 0 amide bonds. The van der Waals surface area contributed by atoms with Crippen LogP contribution in [0, 0.1) is 6.92 Å². The maximum Gasteiger partial charge on any atom is 0.146 e. The Bertz CT molecular complexity index is 581. The normalized spacial score (nSPS) is 10.9. The Morgan fingerprint density at radius 3 is 2.59 bits per heavy atom. The van der Waals surface area contributed by atoms with Crippen molar-refractivity contribution in [2.75, 3.05) is 7.11 Å². The van der Waals surface area contributed by atoms with Crippen molar-refractivity contribution in [3.05, 3.63) is 33.4 Å². The molecule has 0 spiro atoms. The molecule has 17 heavy (non-hydrogen) atoms. The van der Waals surface area contributed by atoms with Gasteiger partial charge in [0.1, 0.15) is 16.4 Å². The monoisotopic (exact) mass is 269 g/mol. The number of methoxy groups -OCH3 is 1. The number of aromatic nitrogens is 1. The van der Waals surface area contributed by atoms with E-state index in [9.17, 15) is 0 Å². The number of rotatable bonds is 2. The third-order valence-electron chi connectivity index (χ3n) is 2.90. The molecule has 0 aliphatic carbocycles. The largest absolute Gasteiger partial charge is 0.494 e. The number of fused-ring (bicyclic) bond motifs is 1. The van der Waals surface area contributed by atoms with Crippen LogP contribution in [0.4, 0.5) is 0 Å². The molecule has 0 saturated carbocycles. The molecule has 0 radical (unpaired) electrons. The number of hydrogen-bond acceptors (Lipinski definition) is 2. The van der Waals surface area contributed by atoms with Gasteiger partial charge in [-0.05, 0) is 30.5 Å². The highest BCUT2D eigenvalue weighted by molar-refractivity contribution is 6.33. The predicted octanol–water partition coefficient (Wildman–Crippen LogP) is 4.42. The van der Waals surface area contributed by atoms with Gasteiger partial charge in [-0.2, -0.15) is 0 Å². The van der Waals surface area contributed by atoms with Crippen LogP contribution in [0.3, 0.4) is 0 Å². The molecule has 0 fully saturated rings. The molecule has 1 aromatic heterocycles. The summed E-state index contributed by atoms with van der Waals surface area (Å²) in [6, 6.07) is 3.81. The molecule has 2 rings (SSSR count). The summed E-state index contributed by atoms with van der Waals surface area (Å²) in [5, 5.41) is 2.20. The molecule has 90 valence electrons. The fraction of sp³-hybridized carbons (Fsp3) is 0.308. The standard InChI is InChI=1S/C13H13Cl2NO/c1-4-8-5-9-7(2)10(14)6-11(17-3)12(9)16-13(8)15/h5-6H,4H2,1-3H3. The minimum absolute atomic E-state index is 0.528. The van der Waals surface area contributed by atoms with Gasteiger partial charge in [0.15, 0.2) is 0 Å². The Labute approximate surface area is 111 Å². The van der Waals surface area contributed by atoms with E-state index in [2.05, 4.69) is 4.98 Å². The molecule has 0 saturated heterocycles. The van der Waals surface area contributed by atoms with Crippen LogP contribution in [0.25, 0.3) is 10.9 Å². The summed E-state index contributed by atoms with van der Waals surface area (Å²) in [7, 11) is 1.60. The highest BCUT2D eigenvalue weighted by atomic mass is 35.5. The van der Waals surface area contributed by atoms with Gasteiger partial charge in [-0.25, -0.2) is 4.98 Å². The number of hydrogen-bond donors (Lipinski definition) is 0. The van der Waals surface area contributed by atoms with Crippen molar-refractivity contribution in [1.82, 2.24) is 4.98 Å². The molecular formula is C13H13Cl2NO. The van der Waals surface area contributed by atoms with Crippen LogP contribution in [-0.4, -0.2) is 12.1 Å². The van der Waals surface area contributed by atoms with E-state index in [1.54, 1.807) is 13.2 Å². The van der Waals surface area contributed by atoms with E-state index < -0.39 is 0 Å². The van der Waals surface area contributed by atoms with E-state index in [4.69, 9.17) is 27.9 Å².